The second kappa shape index (κ2) is 4.88. The maximum atomic E-state index is 11.8. The highest BCUT2D eigenvalue weighted by Gasteiger charge is 2.40. The van der Waals surface area contributed by atoms with E-state index in [-0.39, 0.29) is 5.92 Å². The summed E-state index contributed by atoms with van der Waals surface area (Å²) in [5.41, 5.74) is 7.31. The third kappa shape index (κ3) is 1.93. The van der Waals surface area contributed by atoms with Crippen molar-refractivity contribution in [1.82, 2.24) is 0 Å². The van der Waals surface area contributed by atoms with Gasteiger partial charge in [-0.15, -0.1) is 0 Å². The van der Waals surface area contributed by atoms with Crippen molar-refractivity contribution in [3.63, 3.8) is 0 Å². The van der Waals surface area contributed by atoms with E-state index in [2.05, 4.69) is 4.99 Å². The highest BCUT2D eigenvalue weighted by atomic mass is 16.5. The molecule has 92 valence electrons. The van der Waals surface area contributed by atoms with E-state index in [4.69, 9.17) is 15.7 Å². The Morgan fingerprint density at radius 3 is 3.17 bits per heavy atom. The fourth-order valence-electron chi connectivity index (χ4n) is 2.17. The summed E-state index contributed by atoms with van der Waals surface area (Å²) in [6.07, 6.45) is 6.81. The molecule has 2 rings (SSSR count). The number of nitriles is 1. The number of rotatable bonds is 2. The number of nitrogens with two attached hydrogens (primary N) is 1. The second-order valence-electron chi connectivity index (χ2n) is 3.94. The molecule has 1 heterocycles. The van der Waals surface area contributed by atoms with E-state index in [0.717, 1.165) is 11.1 Å². The number of nitrogens with zero attached hydrogens (tertiary/aromatic N) is 2. The molecule has 0 aromatic heterocycles. The van der Waals surface area contributed by atoms with E-state index in [1.54, 1.807) is 19.1 Å². The quantitative estimate of drug-likeness (QED) is 0.575. The van der Waals surface area contributed by atoms with Crippen molar-refractivity contribution in [1.29, 1.82) is 5.26 Å². The molecule has 18 heavy (non-hydrogen) atoms. The molecule has 0 bridgehead atoms. The van der Waals surface area contributed by atoms with Crippen molar-refractivity contribution >= 4 is 11.8 Å². The van der Waals surface area contributed by atoms with Gasteiger partial charge in [0, 0.05) is 17.6 Å². The monoisotopic (exact) mass is 243 g/mol. The molecule has 2 atom stereocenters. The molecule has 0 aromatic rings. The number of allylic oxidation sites excluding steroid dienone is 4. The van der Waals surface area contributed by atoms with Gasteiger partial charge in [0.15, 0.2) is 6.04 Å². The Kier molecular flexibility index (Phi) is 3.28. The zero-order valence-corrected chi connectivity index (χ0v) is 9.96. The Balaban J connectivity index is 2.37. The summed E-state index contributed by atoms with van der Waals surface area (Å²) in [7, 11) is 0. The van der Waals surface area contributed by atoms with Crippen LogP contribution in [0.15, 0.2) is 40.4 Å². The average molecular weight is 243 g/mol. The predicted molar refractivity (Wildman–Crippen MR) is 66.5 cm³/mol. The number of hydrogen-bond acceptors (Lipinski definition) is 5. The third-order valence-corrected chi connectivity index (χ3v) is 2.91. The van der Waals surface area contributed by atoms with Crippen molar-refractivity contribution in [3.8, 4) is 6.07 Å². The number of carbonyl (C=O) groups is 1. The van der Waals surface area contributed by atoms with E-state index in [1.165, 1.54) is 6.08 Å². The largest absolute Gasteiger partial charge is 0.464 e. The summed E-state index contributed by atoms with van der Waals surface area (Å²) < 4.78 is 4.99. The van der Waals surface area contributed by atoms with E-state index < -0.39 is 12.0 Å². The molecule has 2 N–H and O–H groups in total. The first-order valence-electron chi connectivity index (χ1n) is 5.67. The van der Waals surface area contributed by atoms with Gasteiger partial charge in [0.25, 0.3) is 0 Å². The normalized spacial score (nSPS) is 27.2. The van der Waals surface area contributed by atoms with Gasteiger partial charge in [0.2, 0.25) is 0 Å². The standard InChI is InChI=1S/C13H13N3O2/c1-2-18-13(17)11-10-8(6-7-14)4-3-5-9(10)12(15)16-11/h3-6,10-11H,2H2,1H3,(H2,15,16). The molecule has 0 saturated carbocycles. The minimum Gasteiger partial charge on any atom is -0.464 e. The molecule has 0 saturated heterocycles. The number of fused-ring (bicyclic) bond motifs is 1. The summed E-state index contributed by atoms with van der Waals surface area (Å²) in [5, 5.41) is 8.77. The number of hydrogen-bond donors (Lipinski definition) is 1. The Morgan fingerprint density at radius 1 is 1.72 bits per heavy atom. The van der Waals surface area contributed by atoms with Gasteiger partial charge in [0.1, 0.15) is 5.84 Å². The maximum absolute atomic E-state index is 11.8. The molecule has 0 fully saturated rings. The Bertz CT molecular complexity index is 535. The zero-order chi connectivity index (χ0) is 13.1. The lowest BCUT2D eigenvalue weighted by Gasteiger charge is -2.20. The molecule has 5 nitrogen and oxygen atoms in total. The second-order valence-corrected chi connectivity index (χ2v) is 3.94. The van der Waals surface area contributed by atoms with Crippen LogP contribution in [-0.4, -0.2) is 24.5 Å². The molecule has 2 unspecified atom stereocenters. The van der Waals surface area contributed by atoms with Gasteiger partial charge >= 0.3 is 5.97 Å². The van der Waals surface area contributed by atoms with Gasteiger partial charge in [-0.2, -0.15) is 5.26 Å². The van der Waals surface area contributed by atoms with Crippen molar-refractivity contribution < 1.29 is 9.53 Å². The molecule has 0 radical (unpaired) electrons. The zero-order valence-electron chi connectivity index (χ0n) is 9.96. The first kappa shape index (κ1) is 12.1. The van der Waals surface area contributed by atoms with E-state index in [9.17, 15) is 4.79 Å². The van der Waals surface area contributed by atoms with E-state index >= 15 is 0 Å². The summed E-state index contributed by atoms with van der Waals surface area (Å²) >= 11 is 0. The fraction of sp³-hybridized carbons (Fsp3) is 0.308. The van der Waals surface area contributed by atoms with Gasteiger partial charge in [-0.05, 0) is 12.5 Å². The molecular weight excluding hydrogens is 230 g/mol. The summed E-state index contributed by atoms with van der Waals surface area (Å²) in [5.74, 6) is -0.368. The Morgan fingerprint density at radius 2 is 2.50 bits per heavy atom. The van der Waals surface area contributed by atoms with Crippen LogP contribution in [0.2, 0.25) is 0 Å². The van der Waals surface area contributed by atoms with E-state index in [1.807, 2.05) is 12.1 Å². The van der Waals surface area contributed by atoms with Gasteiger partial charge in [-0.3, -0.25) is 4.99 Å². The highest BCUT2D eigenvalue weighted by Crippen LogP contribution is 2.35. The molecule has 1 aliphatic heterocycles. The third-order valence-electron chi connectivity index (χ3n) is 2.91. The number of carbonyl (C=O) groups excluding carboxylic acids is 1. The van der Waals surface area contributed by atoms with Crippen LogP contribution in [0.4, 0.5) is 0 Å². The van der Waals surface area contributed by atoms with Crippen LogP contribution in [0.25, 0.3) is 0 Å². The van der Waals surface area contributed by atoms with Gasteiger partial charge < -0.3 is 10.5 Å². The van der Waals surface area contributed by atoms with Crippen LogP contribution in [0, 0.1) is 17.2 Å². The van der Waals surface area contributed by atoms with Crippen molar-refractivity contribution in [2.75, 3.05) is 6.61 Å². The van der Waals surface area contributed by atoms with Crippen LogP contribution in [-0.2, 0) is 9.53 Å². The van der Waals surface area contributed by atoms with Gasteiger partial charge in [-0.25, -0.2) is 4.79 Å². The summed E-state index contributed by atoms with van der Waals surface area (Å²) in [6.45, 7) is 2.03. The average Bonchev–Trinajstić information content (AvgIpc) is 2.69. The lowest BCUT2D eigenvalue weighted by atomic mass is 9.83. The van der Waals surface area contributed by atoms with Crippen LogP contribution < -0.4 is 5.73 Å². The van der Waals surface area contributed by atoms with E-state index in [0.29, 0.717) is 12.4 Å². The topological polar surface area (TPSA) is 88.5 Å². The van der Waals surface area contributed by atoms with Crippen molar-refractivity contribution in [2.24, 2.45) is 16.6 Å². The number of esters is 1. The number of amidine groups is 1. The van der Waals surface area contributed by atoms with Crippen LogP contribution in [0.3, 0.4) is 0 Å². The van der Waals surface area contributed by atoms with Gasteiger partial charge in [0.05, 0.1) is 12.7 Å². The Labute approximate surface area is 105 Å². The summed E-state index contributed by atoms with van der Waals surface area (Å²) in [4.78, 5) is 16.0. The van der Waals surface area contributed by atoms with Crippen LogP contribution in [0.5, 0.6) is 0 Å². The molecular formula is C13H13N3O2. The first-order valence-corrected chi connectivity index (χ1v) is 5.67. The number of aliphatic imine (C=N–C) groups is 1. The lowest BCUT2D eigenvalue weighted by molar-refractivity contribution is -0.145. The molecule has 0 spiro atoms. The highest BCUT2D eigenvalue weighted by molar-refractivity contribution is 6.04. The number of ether oxygens (including phenoxy) is 1. The maximum Gasteiger partial charge on any atom is 0.331 e. The van der Waals surface area contributed by atoms with Crippen LogP contribution >= 0.6 is 0 Å². The predicted octanol–water partition coefficient (Wildman–Crippen LogP) is 0.851. The summed E-state index contributed by atoms with van der Waals surface area (Å²) in [6, 6.07) is 1.29. The minimum atomic E-state index is -0.680. The smallest absolute Gasteiger partial charge is 0.331 e. The first-order chi connectivity index (χ1) is 8.69. The Hall–Kier alpha value is -2.35. The minimum absolute atomic E-state index is 0.295. The van der Waals surface area contributed by atoms with Crippen molar-refractivity contribution in [3.05, 3.63) is 35.5 Å². The molecule has 0 amide bonds. The van der Waals surface area contributed by atoms with Gasteiger partial charge in [-0.1, -0.05) is 18.2 Å². The molecule has 2 aliphatic rings. The molecule has 5 heteroatoms. The van der Waals surface area contributed by atoms with Crippen molar-refractivity contribution in [2.45, 2.75) is 13.0 Å². The fourth-order valence-corrected chi connectivity index (χ4v) is 2.17. The molecule has 0 aromatic carbocycles. The SMILES string of the molecule is CCOC(=O)C1N=C(N)C2=CC=CC(=CC#N)C21. The lowest BCUT2D eigenvalue weighted by Crippen LogP contribution is -2.29. The van der Waals surface area contributed by atoms with Crippen LogP contribution in [0.1, 0.15) is 6.92 Å². The molecule has 1 aliphatic carbocycles.